The summed E-state index contributed by atoms with van der Waals surface area (Å²) in [6, 6.07) is 6.99. The monoisotopic (exact) mass is 565 g/mol. The molecule has 1 aromatic heterocycles. The number of aromatic nitrogens is 1. The van der Waals surface area contributed by atoms with Gasteiger partial charge in [-0.2, -0.15) is 0 Å². The molecule has 4 N–H and O–H groups in total. The van der Waals surface area contributed by atoms with Crippen LogP contribution in [-0.2, 0) is 26.2 Å². The van der Waals surface area contributed by atoms with Crippen molar-refractivity contribution in [1.82, 2.24) is 26.3 Å². The van der Waals surface area contributed by atoms with Gasteiger partial charge in [0.15, 0.2) is 0 Å². The third-order valence-electron chi connectivity index (χ3n) is 8.20. The van der Waals surface area contributed by atoms with E-state index in [0.717, 1.165) is 26.2 Å². The summed E-state index contributed by atoms with van der Waals surface area (Å²) in [6.45, 7) is 6.26. The van der Waals surface area contributed by atoms with E-state index in [1.54, 1.807) is 0 Å². The molecule has 35 heavy (non-hydrogen) atoms. The zero-order valence-corrected chi connectivity index (χ0v) is 23.7. The molecule has 5 rings (SSSR count). The molecule has 0 amide bonds. The van der Waals surface area contributed by atoms with Crippen molar-refractivity contribution in [1.29, 1.82) is 0 Å². The van der Waals surface area contributed by atoms with Gasteiger partial charge in [0.05, 0.1) is 11.4 Å². The predicted molar refractivity (Wildman–Crippen MR) is 144 cm³/mol. The van der Waals surface area contributed by atoms with Crippen LogP contribution in [0, 0.1) is 0 Å². The van der Waals surface area contributed by atoms with E-state index >= 15 is 0 Å². The van der Waals surface area contributed by atoms with Crippen molar-refractivity contribution in [3.8, 4) is 0 Å². The molecule has 0 aromatic carbocycles. The van der Waals surface area contributed by atoms with Gasteiger partial charge in [0.2, 0.25) is 0 Å². The number of hydrogen-bond donors (Lipinski definition) is 4. The normalized spacial score (nSPS) is 30.5. The van der Waals surface area contributed by atoms with Crippen LogP contribution in [0.4, 0.5) is 5.69 Å². The topological polar surface area (TPSA) is 64.2 Å². The summed E-state index contributed by atoms with van der Waals surface area (Å²) in [6.07, 6.45) is 14.5. The molecule has 0 spiro atoms. The van der Waals surface area contributed by atoms with Crippen molar-refractivity contribution >= 4 is 25.9 Å². The Kier molecular flexibility index (Phi) is 12.2. The van der Waals surface area contributed by atoms with E-state index in [-0.39, 0.29) is 13.1 Å². The third-order valence-corrected chi connectivity index (χ3v) is 8.20. The van der Waals surface area contributed by atoms with Crippen LogP contribution < -0.4 is 26.2 Å². The number of hydrogen-bond acceptors (Lipinski definition) is 6. The Balaban J connectivity index is 0.000000917. The van der Waals surface area contributed by atoms with Gasteiger partial charge in [0, 0.05) is 69.1 Å². The molecule has 0 radical (unpaired) electrons. The summed E-state index contributed by atoms with van der Waals surface area (Å²) in [5, 5.41) is 15.6. The molecule has 9 heteroatoms. The zero-order valence-electron chi connectivity index (χ0n) is 21.0. The second-order valence-electron chi connectivity index (χ2n) is 10.6. The number of nitrogens with zero attached hydrogens (tertiary/aromatic N) is 2. The molecule has 1 saturated heterocycles. The van der Waals surface area contributed by atoms with Crippen LogP contribution in [-0.4, -0.2) is 55.3 Å². The molecule has 3 heterocycles. The van der Waals surface area contributed by atoms with E-state index in [1.807, 2.05) is 0 Å². The molecule has 199 valence electrons. The molecule has 4 atom stereocenters. The Morgan fingerprint density at radius 1 is 0.657 bits per heavy atom. The fraction of sp³-hybridized carbons (Fsp3) is 0.808. The van der Waals surface area contributed by atoms with E-state index in [1.165, 1.54) is 101 Å². The summed E-state index contributed by atoms with van der Waals surface area (Å²) in [5.74, 6) is 0. The van der Waals surface area contributed by atoms with Crippen molar-refractivity contribution in [2.45, 2.75) is 108 Å². The van der Waals surface area contributed by atoms with Gasteiger partial charge in [-0.15, -0.1) is 0 Å². The summed E-state index contributed by atoms with van der Waals surface area (Å²) >= 11 is 0.00694. The van der Waals surface area contributed by atoms with Gasteiger partial charge in [-0.1, -0.05) is 25.7 Å². The molecular weight excluding hydrogens is 522 g/mol. The molecule has 1 aromatic rings. The molecule has 0 unspecified atom stereocenters. The quantitative estimate of drug-likeness (QED) is 0.377. The van der Waals surface area contributed by atoms with Crippen LogP contribution in [0.15, 0.2) is 12.1 Å². The van der Waals surface area contributed by atoms with E-state index in [2.05, 4.69) is 38.3 Å². The standard InChI is InChI=1S/C26H44N6.2ClH.Mn/c1-6-14-32(15-7-1)22-16-20-18-29-25-10-4-2-8-23(25)27-12-13-28-24-9-3-5-11-26(24)30-19-21(17-22)31-20;;;/h16-17,23-30H,1-15,18-19H2;2*1H;/q;;;+2/p-2/t23-,24-,25-,26-;;;/m1.../s1. The number of nitrogens with one attached hydrogen (secondary N) is 4. The number of pyridine rings is 1. The minimum Gasteiger partial charge on any atom is -0.371 e. The van der Waals surface area contributed by atoms with E-state index in [0.29, 0.717) is 24.2 Å². The molecule has 2 aliphatic heterocycles. The molecule has 6 nitrogen and oxygen atoms in total. The average molecular weight is 567 g/mol. The van der Waals surface area contributed by atoms with E-state index in [9.17, 15) is 0 Å². The maximum atomic E-state index is 5.12. The molecule has 2 bridgehead atoms. The van der Waals surface area contributed by atoms with Gasteiger partial charge in [-0.3, -0.25) is 4.98 Å². The first kappa shape index (κ1) is 27.9. The van der Waals surface area contributed by atoms with E-state index in [4.69, 9.17) is 25.2 Å². The number of fused-ring (bicyclic) bond motifs is 4. The van der Waals surface area contributed by atoms with Crippen LogP contribution in [0.3, 0.4) is 0 Å². The largest absolute Gasteiger partial charge is 0.371 e. The Morgan fingerprint density at radius 3 is 1.54 bits per heavy atom. The first-order chi connectivity index (χ1) is 17.3. The third kappa shape index (κ3) is 8.71. The Hall–Kier alpha value is -0.111. The smallest absolute Gasteiger partial charge is 0.0566 e. The first-order valence-electron chi connectivity index (χ1n) is 13.8. The van der Waals surface area contributed by atoms with Crippen molar-refractivity contribution in [3.63, 3.8) is 0 Å². The first-order valence-corrected chi connectivity index (χ1v) is 17.1. The fourth-order valence-electron chi connectivity index (χ4n) is 6.37. The van der Waals surface area contributed by atoms with Crippen LogP contribution >= 0.6 is 20.2 Å². The summed E-state index contributed by atoms with van der Waals surface area (Å²) < 4.78 is 0. The van der Waals surface area contributed by atoms with Gasteiger partial charge >= 0.3 is 33.3 Å². The number of halogens is 2. The minimum atomic E-state index is 0.00694. The van der Waals surface area contributed by atoms with Gasteiger partial charge in [-0.05, 0) is 57.1 Å². The molecular formula is C26H44Cl2MnN6. The van der Waals surface area contributed by atoms with Crippen molar-refractivity contribution in [2.75, 3.05) is 31.1 Å². The molecule has 3 fully saturated rings. The minimum absolute atomic E-state index is 0.00694. The van der Waals surface area contributed by atoms with Gasteiger partial charge in [0.25, 0.3) is 0 Å². The maximum absolute atomic E-state index is 5.12. The van der Waals surface area contributed by atoms with Crippen molar-refractivity contribution < 1.29 is 13.1 Å². The van der Waals surface area contributed by atoms with Crippen molar-refractivity contribution in [3.05, 3.63) is 23.5 Å². The Labute approximate surface area is 227 Å². The average Bonchev–Trinajstić information content (AvgIpc) is 2.90. The number of anilines is 1. The summed E-state index contributed by atoms with van der Waals surface area (Å²) in [4.78, 5) is 7.71. The summed E-state index contributed by atoms with van der Waals surface area (Å²) in [7, 11) is 9.59. The van der Waals surface area contributed by atoms with Crippen LogP contribution in [0.2, 0.25) is 0 Å². The summed E-state index contributed by atoms with van der Waals surface area (Å²) in [5.41, 5.74) is 3.80. The van der Waals surface area contributed by atoms with Gasteiger partial charge < -0.3 is 26.2 Å². The molecule has 4 aliphatic rings. The second-order valence-corrected chi connectivity index (χ2v) is 12.5. The SMILES string of the molecule is [Cl][Mn][Cl].c1c(N2CCCCC2)cc2nc1CN[C@@H]1CCCC[C@H]1NCCN[C@@H]1CCCC[C@H]1NC2. The Morgan fingerprint density at radius 2 is 1.09 bits per heavy atom. The molecule has 2 saturated carbocycles. The number of piperidine rings is 1. The van der Waals surface area contributed by atoms with Crippen LogP contribution in [0.1, 0.15) is 82.0 Å². The van der Waals surface area contributed by atoms with E-state index < -0.39 is 0 Å². The second kappa shape index (κ2) is 15.3. The number of rotatable bonds is 1. The van der Waals surface area contributed by atoms with Gasteiger partial charge in [-0.25, -0.2) is 0 Å². The fourth-order valence-corrected chi connectivity index (χ4v) is 6.37. The van der Waals surface area contributed by atoms with Gasteiger partial charge in [0.1, 0.15) is 0 Å². The van der Waals surface area contributed by atoms with Crippen molar-refractivity contribution in [2.24, 2.45) is 0 Å². The van der Waals surface area contributed by atoms with Crippen LogP contribution in [0.5, 0.6) is 0 Å². The maximum Gasteiger partial charge on any atom is 0.0566 e. The predicted octanol–water partition coefficient (Wildman–Crippen LogP) is 4.44. The Bertz CT molecular complexity index is 702. The molecule has 2 aliphatic carbocycles. The van der Waals surface area contributed by atoms with Crippen LogP contribution in [0.25, 0.3) is 0 Å². The zero-order chi connectivity index (χ0) is 24.3.